The summed E-state index contributed by atoms with van der Waals surface area (Å²) in [6, 6.07) is 9.88. The van der Waals surface area contributed by atoms with Crippen molar-refractivity contribution in [3.63, 3.8) is 0 Å². The summed E-state index contributed by atoms with van der Waals surface area (Å²) in [5.41, 5.74) is 0.789. The van der Waals surface area contributed by atoms with E-state index < -0.39 is 11.4 Å². The molecule has 0 unspecified atom stereocenters. The van der Waals surface area contributed by atoms with Crippen molar-refractivity contribution in [1.82, 2.24) is 19.6 Å². The minimum Gasteiger partial charge on any atom is -0.298 e. The molecule has 0 atom stereocenters. The van der Waals surface area contributed by atoms with E-state index in [1.807, 2.05) is 26.8 Å². The minimum absolute atomic E-state index is 0.101. The smallest absolute Gasteiger partial charge is 0.282 e. The number of fused-ring (bicyclic) bond motifs is 1. The van der Waals surface area contributed by atoms with Gasteiger partial charge in [-0.3, -0.25) is 9.59 Å². The summed E-state index contributed by atoms with van der Waals surface area (Å²) in [6.45, 7) is 5.87. The Morgan fingerprint density at radius 2 is 1.87 bits per heavy atom. The highest BCUT2D eigenvalue weighted by atomic mass is 19.1. The zero-order chi connectivity index (χ0) is 22.3. The predicted molar refractivity (Wildman–Crippen MR) is 113 cm³/mol. The van der Waals surface area contributed by atoms with Crippen molar-refractivity contribution in [2.24, 2.45) is 0 Å². The largest absolute Gasteiger partial charge is 0.298 e. The quantitative estimate of drug-likeness (QED) is 0.476. The second-order valence-electron chi connectivity index (χ2n) is 8.15. The molecule has 0 spiro atoms. The number of nitrogens with zero attached hydrogens (tertiary/aromatic N) is 5. The Morgan fingerprint density at radius 3 is 2.52 bits per heavy atom. The van der Waals surface area contributed by atoms with Gasteiger partial charge in [0, 0.05) is 11.6 Å². The number of rotatable bonds is 3. The maximum atomic E-state index is 14.9. The van der Waals surface area contributed by atoms with Crippen LogP contribution in [0.2, 0.25) is 0 Å². The summed E-state index contributed by atoms with van der Waals surface area (Å²) < 4.78 is 17.3. The summed E-state index contributed by atoms with van der Waals surface area (Å²) in [4.78, 5) is 25.1. The van der Waals surface area contributed by atoms with Gasteiger partial charge in [-0.25, -0.2) is 9.07 Å². The number of halogens is 1. The van der Waals surface area contributed by atoms with Gasteiger partial charge in [-0.15, -0.1) is 0 Å². The van der Waals surface area contributed by atoms with Crippen molar-refractivity contribution in [2.75, 3.05) is 0 Å². The topological polar surface area (TPSA) is 93.6 Å². The van der Waals surface area contributed by atoms with Gasteiger partial charge in [-0.05, 0) is 35.2 Å². The first-order valence-electron chi connectivity index (χ1n) is 9.50. The summed E-state index contributed by atoms with van der Waals surface area (Å²) in [5.74, 6) is -0.641. The van der Waals surface area contributed by atoms with Crippen LogP contribution in [0.3, 0.4) is 0 Å². The maximum Gasteiger partial charge on any atom is 0.282 e. The Kier molecular flexibility index (Phi) is 4.74. The van der Waals surface area contributed by atoms with Gasteiger partial charge >= 0.3 is 0 Å². The summed E-state index contributed by atoms with van der Waals surface area (Å²) in [7, 11) is 0. The second kappa shape index (κ2) is 7.29. The Labute approximate surface area is 177 Å². The van der Waals surface area contributed by atoms with E-state index in [0.717, 1.165) is 10.2 Å². The summed E-state index contributed by atoms with van der Waals surface area (Å²) >= 11 is 0. The van der Waals surface area contributed by atoms with Gasteiger partial charge in [0.05, 0.1) is 40.3 Å². The Bertz CT molecular complexity index is 1440. The van der Waals surface area contributed by atoms with E-state index in [9.17, 15) is 14.0 Å². The van der Waals surface area contributed by atoms with Crippen LogP contribution < -0.4 is 5.56 Å². The number of hydrogen-bond donors (Lipinski definition) is 0. The molecule has 4 aromatic rings. The monoisotopic (exact) mass is 415 g/mol. The molecule has 8 heteroatoms. The lowest BCUT2D eigenvalue weighted by Gasteiger charge is -2.20. The first-order chi connectivity index (χ1) is 14.7. The molecule has 0 aliphatic heterocycles. The Balaban J connectivity index is 1.96. The van der Waals surface area contributed by atoms with Gasteiger partial charge in [-0.1, -0.05) is 26.8 Å². The molecule has 0 radical (unpaired) electrons. The molecule has 4 rings (SSSR count). The zero-order valence-electron chi connectivity index (χ0n) is 17.1. The molecule has 0 amide bonds. The molecule has 0 aliphatic rings. The van der Waals surface area contributed by atoms with E-state index in [0.29, 0.717) is 22.9 Å². The van der Waals surface area contributed by atoms with Crippen LogP contribution in [-0.4, -0.2) is 25.8 Å². The van der Waals surface area contributed by atoms with E-state index in [2.05, 4.69) is 10.2 Å². The molecule has 0 bridgehead atoms. The fourth-order valence-electron chi connectivity index (χ4n) is 3.40. The van der Waals surface area contributed by atoms with Gasteiger partial charge in [0.15, 0.2) is 6.29 Å². The average molecular weight is 415 g/mol. The summed E-state index contributed by atoms with van der Waals surface area (Å²) in [6.07, 6.45) is 4.83. The first-order valence-corrected chi connectivity index (χ1v) is 9.50. The van der Waals surface area contributed by atoms with E-state index in [4.69, 9.17) is 5.26 Å². The molecule has 0 aliphatic carbocycles. The van der Waals surface area contributed by atoms with Crippen LogP contribution in [0, 0.1) is 17.1 Å². The average Bonchev–Trinajstić information content (AvgIpc) is 3.21. The van der Waals surface area contributed by atoms with Crippen LogP contribution in [0.5, 0.6) is 0 Å². The molecular formula is C23H18FN5O2. The number of benzene rings is 2. The number of nitriles is 1. The molecule has 2 heterocycles. The lowest BCUT2D eigenvalue weighted by Crippen LogP contribution is -2.24. The van der Waals surface area contributed by atoms with Crippen LogP contribution in [-0.2, 0) is 5.41 Å². The van der Waals surface area contributed by atoms with Crippen molar-refractivity contribution < 1.29 is 9.18 Å². The van der Waals surface area contributed by atoms with Crippen molar-refractivity contribution in [1.29, 1.82) is 5.26 Å². The fraction of sp³-hybridized carbons (Fsp3) is 0.174. The highest BCUT2D eigenvalue weighted by Gasteiger charge is 2.20. The predicted octanol–water partition coefficient (Wildman–Crippen LogP) is 3.69. The number of aldehydes is 1. The molecule has 31 heavy (non-hydrogen) atoms. The lowest BCUT2D eigenvalue weighted by molar-refractivity contribution is 0.112. The third-order valence-corrected chi connectivity index (χ3v) is 5.07. The van der Waals surface area contributed by atoms with E-state index in [1.165, 1.54) is 29.3 Å². The van der Waals surface area contributed by atoms with Gasteiger partial charge in [0.1, 0.15) is 11.9 Å². The molecule has 2 aromatic carbocycles. The fourth-order valence-corrected chi connectivity index (χ4v) is 3.40. The van der Waals surface area contributed by atoms with E-state index in [1.54, 1.807) is 24.3 Å². The standard InChI is InChI=1S/C23H18FN5O2/c1-23(2,3)16-7-15-11-27-29(22(31)21(15)18(24)8-16)20-6-4-5-19(17(20)13-30)28-12-14(9-25)10-26-28/h4-8,10-13H,1-3H3. The van der Waals surface area contributed by atoms with Crippen molar-refractivity contribution in [2.45, 2.75) is 26.2 Å². The molecule has 0 N–H and O–H groups in total. The van der Waals surface area contributed by atoms with Crippen molar-refractivity contribution in [3.05, 3.63) is 81.8 Å². The Morgan fingerprint density at radius 1 is 1.13 bits per heavy atom. The lowest BCUT2D eigenvalue weighted by atomic mass is 9.86. The van der Waals surface area contributed by atoms with Gasteiger partial charge in [0.2, 0.25) is 0 Å². The van der Waals surface area contributed by atoms with Gasteiger partial charge in [0.25, 0.3) is 5.56 Å². The molecule has 154 valence electrons. The maximum absolute atomic E-state index is 14.9. The zero-order valence-corrected chi connectivity index (χ0v) is 17.1. The molecule has 0 fully saturated rings. The molecule has 0 saturated carbocycles. The van der Waals surface area contributed by atoms with Crippen LogP contribution in [0.1, 0.15) is 42.3 Å². The highest BCUT2D eigenvalue weighted by molar-refractivity contribution is 5.87. The minimum atomic E-state index is -0.672. The van der Waals surface area contributed by atoms with E-state index >= 15 is 0 Å². The van der Waals surface area contributed by atoms with Crippen LogP contribution in [0.15, 0.2) is 53.7 Å². The Hall–Kier alpha value is -4.12. The van der Waals surface area contributed by atoms with Crippen LogP contribution in [0.25, 0.3) is 22.1 Å². The van der Waals surface area contributed by atoms with Gasteiger partial charge < -0.3 is 0 Å². The van der Waals surface area contributed by atoms with Gasteiger partial charge in [-0.2, -0.15) is 20.1 Å². The van der Waals surface area contributed by atoms with Crippen LogP contribution in [0.4, 0.5) is 4.39 Å². The van der Waals surface area contributed by atoms with Crippen molar-refractivity contribution in [3.8, 4) is 17.4 Å². The second-order valence-corrected chi connectivity index (χ2v) is 8.15. The third-order valence-electron chi connectivity index (χ3n) is 5.07. The SMILES string of the molecule is CC(C)(C)c1cc(F)c2c(=O)n(-c3cccc(-n4cc(C#N)cn4)c3C=O)ncc2c1. The highest BCUT2D eigenvalue weighted by Crippen LogP contribution is 2.27. The molecule has 7 nitrogen and oxygen atoms in total. The third kappa shape index (κ3) is 3.40. The molecule has 0 saturated heterocycles. The number of hydrogen-bond acceptors (Lipinski definition) is 5. The number of carbonyl (C=O) groups is 1. The molecule has 2 aromatic heterocycles. The van der Waals surface area contributed by atoms with E-state index in [-0.39, 0.29) is 22.1 Å². The summed E-state index contributed by atoms with van der Waals surface area (Å²) in [5, 5.41) is 17.6. The number of carbonyl (C=O) groups excluding carboxylic acids is 1. The number of aromatic nitrogens is 4. The normalized spacial score (nSPS) is 11.5. The first kappa shape index (κ1) is 20.2. The van der Waals surface area contributed by atoms with Crippen molar-refractivity contribution >= 4 is 17.1 Å². The molecular weight excluding hydrogens is 397 g/mol. The van der Waals surface area contributed by atoms with Crippen LogP contribution >= 0.6 is 0 Å².